The van der Waals surface area contributed by atoms with E-state index in [1.54, 1.807) is 0 Å². The first kappa shape index (κ1) is 14.5. The van der Waals surface area contributed by atoms with Crippen molar-refractivity contribution in [1.82, 2.24) is 0 Å². The zero-order valence-corrected chi connectivity index (χ0v) is 12.0. The quantitative estimate of drug-likeness (QED) is 0.772. The molecule has 5 nitrogen and oxygen atoms in total. The third-order valence-electron chi connectivity index (χ3n) is 4.35. The molecule has 19 heavy (non-hydrogen) atoms. The molecule has 0 radical (unpaired) electrons. The van der Waals surface area contributed by atoms with E-state index in [0.717, 1.165) is 0 Å². The first-order valence-corrected chi connectivity index (χ1v) is 6.66. The molecule has 0 saturated carbocycles. The molecule has 5 heteroatoms. The van der Waals surface area contributed by atoms with Crippen LogP contribution < -0.4 is 0 Å². The first-order chi connectivity index (χ1) is 8.62. The highest BCUT2D eigenvalue weighted by atomic mass is 16.5. The van der Waals surface area contributed by atoms with Crippen molar-refractivity contribution < 1.29 is 24.2 Å². The van der Waals surface area contributed by atoms with Crippen molar-refractivity contribution in [1.29, 1.82) is 0 Å². The zero-order chi connectivity index (χ0) is 14.5. The molecular formula is C14H22O5. The SMILES string of the molecule is CC1(C)CC(C2(C(=O)O)COCCC2=O)C(C)(C)O1. The smallest absolute Gasteiger partial charge is 0.319 e. The van der Waals surface area contributed by atoms with Gasteiger partial charge in [-0.1, -0.05) is 0 Å². The maximum atomic E-state index is 12.3. The van der Waals surface area contributed by atoms with Gasteiger partial charge in [-0.25, -0.2) is 0 Å². The molecule has 2 fully saturated rings. The lowest BCUT2D eigenvalue weighted by Crippen LogP contribution is -2.56. The van der Waals surface area contributed by atoms with Gasteiger partial charge in [-0.3, -0.25) is 9.59 Å². The maximum absolute atomic E-state index is 12.3. The molecule has 2 atom stereocenters. The molecule has 0 aromatic heterocycles. The summed E-state index contributed by atoms with van der Waals surface area (Å²) in [6, 6.07) is 0. The summed E-state index contributed by atoms with van der Waals surface area (Å²) in [5.41, 5.74) is -2.54. The molecule has 0 aromatic rings. The minimum Gasteiger partial charge on any atom is -0.480 e. The lowest BCUT2D eigenvalue weighted by Gasteiger charge is -2.41. The summed E-state index contributed by atoms with van der Waals surface area (Å²) >= 11 is 0. The van der Waals surface area contributed by atoms with Gasteiger partial charge in [0, 0.05) is 12.3 Å². The summed E-state index contributed by atoms with van der Waals surface area (Å²) in [7, 11) is 0. The van der Waals surface area contributed by atoms with E-state index in [-0.39, 0.29) is 24.7 Å². The number of aliphatic carboxylic acids is 1. The molecule has 1 N–H and O–H groups in total. The van der Waals surface area contributed by atoms with Gasteiger partial charge in [0.2, 0.25) is 0 Å². The Kier molecular flexibility index (Phi) is 3.26. The Hall–Kier alpha value is -0.940. The Labute approximate surface area is 113 Å². The molecule has 0 amide bonds. The fourth-order valence-electron chi connectivity index (χ4n) is 3.66. The zero-order valence-electron chi connectivity index (χ0n) is 12.0. The number of carbonyl (C=O) groups excluding carboxylic acids is 1. The molecule has 2 aliphatic heterocycles. The van der Waals surface area contributed by atoms with E-state index < -0.39 is 22.6 Å². The van der Waals surface area contributed by atoms with Crippen LogP contribution in [-0.2, 0) is 19.1 Å². The number of hydrogen-bond acceptors (Lipinski definition) is 4. The van der Waals surface area contributed by atoms with Crippen LogP contribution in [-0.4, -0.2) is 41.3 Å². The molecule has 108 valence electrons. The highest BCUT2D eigenvalue weighted by Crippen LogP contribution is 2.52. The second kappa shape index (κ2) is 4.28. The Morgan fingerprint density at radius 3 is 2.37 bits per heavy atom. The van der Waals surface area contributed by atoms with Gasteiger partial charge < -0.3 is 14.6 Å². The number of carbonyl (C=O) groups is 2. The number of carboxylic acids is 1. The van der Waals surface area contributed by atoms with Gasteiger partial charge in [0.25, 0.3) is 0 Å². The molecule has 2 aliphatic rings. The normalized spacial score (nSPS) is 37.3. The molecule has 0 bridgehead atoms. The predicted molar refractivity (Wildman–Crippen MR) is 67.9 cm³/mol. The van der Waals surface area contributed by atoms with Gasteiger partial charge in [0.1, 0.15) is 0 Å². The average molecular weight is 270 g/mol. The van der Waals surface area contributed by atoms with E-state index in [1.165, 1.54) is 0 Å². The summed E-state index contributed by atoms with van der Waals surface area (Å²) in [5, 5.41) is 9.67. The van der Waals surface area contributed by atoms with Crippen molar-refractivity contribution in [3.63, 3.8) is 0 Å². The first-order valence-electron chi connectivity index (χ1n) is 6.66. The number of Topliss-reactive ketones (excluding diaryl/α,β-unsaturated/α-hetero) is 1. The number of ether oxygens (including phenoxy) is 2. The molecule has 2 unspecified atom stereocenters. The van der Waals surface area contributed by atoms with Gasteiger partial charge in [-0.15, -0.1) is 0 Å². The molecule has 2 saturated heterocycles. The van der Waals surface area contributed by atoms with Crippen LogP contribution in [0, 0.1) is 11.3 Å². The second-order valence-corrected chi connectivity index (χ2v) is 6.72. The van der Waals surface area contributed by atoms with Crippen molar-refractivity contribution in [2.45, 2.75) is 51.7 Å². The van der Waals surface area contributed by atoms with E-state index >= 15 is 0 Å². The highest BCUT2D eigenvalue weighted by Gasteiger charge is 2.63. The number of hydrogen-bond donors (Lipinski definition) is 1. The number of rotatable bonds is 2. The molecule has 2 rings (SSSR count). The lowest BCUT2D eigenvalue weighted by molar-refractivity contribution is -0.177. The van der Waals surface area contributed by atoms with Crippen molar-refractivity contribution in [2.75, 3.05) is 13.2 Å². The van der Waals surface area contributed by atoms with Crippen molar-refractivity contribution >= 4 is 11.8 Å². The van der Waals surface area contributed by atoms with Gasteiger partial charge >= 0.3 is 5.97 Å². The van der Waals surface area contributed by atoms with Gasteiger partial charge in [-0.05, 0) is 34.1 Å². The number of ketones is 1. The van der Waals surface area contributed by atoms with Crippen molar-refractivity contribution in [2.24, 2.45) is 11.3 Å². The Morgan fingerprint density at radius 2 is 1.95 bits per heavy atom. The molecule has 0 aromatic carbocycles. The summed E-state index contributed by atoms with van der Waals surface area (Å²) < 4.78 is 11.3. The van der Waals surface area contributed by atoms with Crippen LogP contribution in [0.4, 0.5) is 0 Å². The minimum atomic E-state index is -1.46. The van der Waals surface area contributed by atoms with Crippen LogP contribution in [0.5, 0.6) is 0 Å². The minimum absolute atomic E-state index is 0.0469. The summed E-state index contributed by atoms with van der Waals surface area (Å²) in [6.45, 7) is 7.84. The summed E-state index contributed by atoms with van der Waals surface area (Å²) in [5.74, 6) is -1.69. The van der Waals surface area contributed by atoms with Gasteiger partial charge in [-0.2, -0.15) is 0 Å². The van der Waals surface area contributed by atoms with E-state index in [0.29, 0.717) is 13.0 Å². The average Bonchev–Trinajstić information content (AvgIpc) is 2.47. The van der Waals surface area contributed by atoms with Crippen molar-refractivity contribution in [3.05, 3.63) is 0 Å². The standard InChI is InChI=1S/C14H22O5/c1-12(2)7-9(13(3,4)19-12)14(11(16)17)8-18-6-5-10(14)15/h9H,5-8H2,1-4H3,(H,16,17). The Balaban J connectivity index is 2.45. The van der Waals surface area contributed by atoms with Crippen LogP contribution >= 0.6 is 0 Å². The van der Waals surface area contributed by atoms with Crippen LogP contribution in [0.25, 0.3) is 0 Å². The fourth-order valence-corrected chi connectivity index (χ4v) is 3.66. The van der Waals surface area contributed by atoms with Crippen LogP contribution in [0.1, 0.15) is 40.5 Å². The van der Waals surface area contributed by atoms with Crippen LogP contribution in [0.15, 0.2) is 0 Å². The molecular weight excluding hydrogens is 248 g/mol. The topological polar surface area (TPSA) is 72.8 Å². The summed E-state index contributed by atoms with van der Waals surface area (Å²) in [6.07, 6.45) is 0.709. The fraction of sp³-hybridized carbons (Fsp3) is 0.857. The largest absolute Gasteiger partial charge is 0.480 e. The van der Waals surface area contributed by atoms with Crippen LogP contribution in [0.2, 0.25) is 0 Å². The monoisotopic (exact) mass is 270 g/mol. The molecule has 2 heterocycles. The van der Waals surface area contributed by atoms with Gasteiger partial charge in [0.15, 0.2) is 11.2 Å². The van der Waals surface area contributed by atoms with E-state index in [4.69, 9.17) is 9.47 Å². The number of carboxylic acid groups (broad SMARTS) is 1. The summed E-state index contributed by atoms with van der Waals surface area (Å²) in [4.78, 5) is 24.1. The molecule has 0 aliphatic carbocycles. The highest BCUT2D eigenvalue weighted by molar-refractivity contribution is 6.04. The van der Waals surface area contributed by atoms with Gasteiger partial charge in [0.05, 0.1) is 24.4 Å². The second-order valence-electron chi connectivity index (χ2n) is 6.72. The third-order valence-corrected chi connectivity index (χ3v) is 4.35. The Bertz CT molecular complexity index is 412. The molecule has 0 spiro atoms. The third kappa shape index (κ3) is 2.19. The maximum Gasteiger partial charge on any atom is 0.319 e. The lowest BCUT2D eigenvalue weighted by atomic mass is 9.63. The van der Waals surface area contributed by atoms with Crippen LogP contribution in [0.3, 0.4) is 0 Å². The Morgan fingerprint density at radius 1 is 1.32 bits per heavy atom. The van der Waals surface area contributed by atoms with E-state index in [1.807, 2.05) is 27.7 Å². The van der Waals surface area contributed by atoms with E-state index in [9.17, 15) is 14.7 Å². The van der Waals surface area contributed by atoms with Crippen molar-refractivity contribution in [3.8, 4) is 0 Å². The van der Waals surface area contributed by atoms with E-state index in [2.05, 4.69) is 0 Å². The predicted octanol–water partition coefficient (Wildman–Crippen LogP) is 1.64.